The van der Waals surface area contributed by atoms with Crippen molar-refractivity contribution in [2.75, 3.05) is 31.1 Å². The molecule has 1 saturated heterocycles. The molecule has 0 saturated carbocycles. The van der Waals surface area contributed by atoms with Crippen LogP contribution in [0.4, 0.5) is 5.69 Å². The predicted molar refractivity (Wildman–Crippen MR) is 107 cm³/mol. The standard InChI is InChI=1S/C20H29N5O2/c1-2-21-20(24-16-9-10-18(26)23-14-16)22-12-5-8-19(27)25-13-11-15-6-3-4-7-17(15)25/h3-4,6-7,16H,2,5,8-14H2,1H3,(H,23,26)(H2,21,22,24). The molecule has 0 aromatic heterocycles. The zero-order valence-corrected chi connectivity index (χ0v) is 16.0. The Bertz CT molecular complexity index is 693. The molecule has 2 aliphatic rings. The summed E-state index contributed by atoms with van der Waals surface area (Å²) in [6.07, 6.45) is 3.50. The second-order valence-corrected chi connectivity index (χ2v) is 6.97. The number of nitrogens with one attached hydrogen (secondary N) is 3. The van der Waals surface area contributed by atoms with Crippen molar-refractivity contribution in [1.82, 2.24) is 16.0 Å². The number of hydrogen-bond donors (Lipinski definition) is 3. The summed E-state index contributed by atoms with van der Waals surface area (Å²) in [7, 11) is 0. The fraction of sp³-hybridized carbons (Fsp3) is 0.550. The van der Waals surface area contributed by atoms with Crippen LogP contribution < -0.4 is 20.9 Å². The van der Waals surface area contributed by atoms with Crippen molar-refractivity contribution in [3.63, 3.8) is 0 Å². The van der Waals surface area contributed by atoms with Crippen molar-refractivity contribution in [3.05, 3.63) is 29.8 Å². The van der Waals surface area contributed by atoms with Crippen LogP contribution in [0.1, 0.15) is 38.2 Å². The molecule has 1 unspecified atom stereocenters. The van der Waals surface area contributed by atoms with E-state index in [0.29, 0.717) is 25.9 Å². The number of fused-ring (bicyclic) bond motifs is 1. The van der Waals surface area contributed by atoms with Gasteiger partial charge in [-0.3, -0.25) is 14.6 Å². The van der Waals surface area contributed by atoms with E-state index in [1.807, 2.05) is 30.0 Å². The highest BCUT2D eigenvalue weighted by Crippen LogP contribution is 2.27. The summed E-state index contributed by atoms with van der Waals surface area (Å²) in [5.74, 6) is 1.03. The van der Waals surface area contributed by atoms with E-state index in [-0.39, 0.29) is 17.9 Å². The van der Waals surface area contributed by atoms with Gasteiger partial charge in [-0.25, -0.2) is 0 Å². The summed E-state index contributed by atoms with van der Waals surface area (Å²) in [5, 5.41) is 9.46. The third-order valence-electron chi connectivity index (χ3n) is 4.96. The van der Waals surface area contributed by atoms with Crippen molar-refractivity contribution in [1.29, 1.82) is 0 Å². The number of carbonyl (C=O) groups is 2. The normalized spacial score (nSPS) is 19.4. The zero-order valence-electron chi connectivity index (χ0n) is 16.0. The molecule has 7 heteroatoms. The van der Waals surface area contributed by atoms with Crippen LogP contribution in [0.15, 0.2) is 29.3 Å². The molecule has 0 spiro atoms. The van der Waals surface area contributed by atoms with Crippen molar-refractivity contribution >= 4 is 23.5 Å². The third kappa shape index (κ3) is 5.21. The van der Waals surface area contributed by atoms with Crippen LogP contribution in [0.3, 0.4) is 0 Å². The second-order valence-electron chi connectivity index (χ2n) is 6.97. The summed E-state index contributed by atoms with van der Waals surface area (Å²) < 4.78 is 0. The topological polar surface area (TPSA) is 85.8 Å². The lowest BCUT2D eigenvalue weighted by atomic mass is 10.1. The minimum absolute atomic E-state index is 0.108. The summed E-state index contributed by atoms with van der Waals surface area (Å²) in [4.78, 5) is 30.3. The molecule has 1 aromatic carbocycles. The second kappa shape index (κ2) is 9.39. The first-order valence-electron chi connectivity index (χ1n) is 9.87. The molecule has 0 radical (unpaired) electrons. The summed E-state index contributed by atoms with van der Waals surface area (Å²) in [6, 6.07) is 8.32. The van der Waals surface area contributed by atoms with Crippen LogP contribution in [0.25, 0.3) is 0 Å². The molecule has 146 valence electrons. The molecule has 3 rings (SSSR count). The van der Waals surface area contributed by atoms with Crippen LogP contribution in [0.2, 0.25) is 0 Å². The molecule has 27 heavy (non-hydrogen) atoms. The molecule has 2 aliphatic heterocycles. The van der Waals surface area contributed by atoms with Gasteiger partial charge in [0.2, 0.25) is 11.8 Å². The minimum atomic E-state index is 0.108. The highest BCUT2D eigenvalue weighted by atomic mass is 16.2. The number of guanidine groups is 1. The number of para-hydroxylation sites is 1. The van der Waals surface area contributed by atoms with Crippen LogP contribution in [0.5, 0.6) is 0 Å². The number of piperidine rings is 1. The van der Waals surface area contributed by atoms with Crippen molar-refractivity contribution in [3.8, 4) is 0 Å². The Morgan fingerprint density at radius 1 is 1.33 bits per heavy atom. The Balaban J connectivity index is 1.45. The van der Waals surface area contributed by atoms with Crippen LogP contribution in [-0.2, 0) is 16.0 Å². The third-order valence-corrected chi connectivity index (χ3v) is 4.96. The van der Waals surface area contributed by atoms with E-state index in [4.69, 9.17) is 0 Å². The molecule has 1 atom stereocenters. The van der Waals surface area contributed by atoms with Gasteiger partial charge < -0.3 is 20.9 Å². The Morgan fingerprint density at radius 3 is 2.96 bits per heavy atom. The van der Waals surface area contributed by atoms with Gasteiger partial charge in [-0.2, -0.15) is 0 Å². The molecule has 1 aromatic rings. The maximum absolute atomic E-state index is 12.5. The average Bonchev–Trinajstić information content (AvgIpc) is 3.11. The zero-order chi connectivity index (χ0) is 19.1. The number of aliphatic imine (C=N–C) groups is 1. The molecular formula is C20H29N5O2. The van der Waals surface area contributed by atoms with Crippen LogP contribution >= 0.6 is 0 Å². The first-order chi connectivity index (χ1) is 13.2. The maximum atomic E-state index is 12.5. The van der Waals surface area contributed by atoms with Gasteiger partial charge in [0.25, 0.3) is 0 Å². The molecule has 0 aliphatic carbocycles. The van der Waals surface area contributed by atoms with E-state index in [1.54, 1.807) is 0 Å². The van der Waals surface area contributed by atoms with Gasteiger partial charge in [0, 0.05) is 50.7 Å². The largest absolute Gasteiger partial charge is 0.357 e. The first-order valence-corrected chi connectivity index (χ1v) is 9.87. The van der Waals surface area contributed by atoms with Gasteiger partial charge in [-0.1, -0.05) is 18.2 Å². The first kappa shape index (κ1) is 19.2. The monoisotopic (exact) mass is 371 g/mol. The molecule has 3 N–H and O–H groups in total. The van der Waals surface area contributed by atoms with Gasteiger partial charge in [-0.05, 0) is 37.8 Å². The minimum Gasteiger partial charge on any atom is -0.357 e. The van der Waals surface area contributed by atoms with Crippen LogP contribution in [0, 0.1) is 0 Å². The SMILES string of the molecule is CCNC(=NCCCC(=O)N1CCc2ccccc21)NC1CCC(=O)NC1. The number of hydrogen-bond acceptors (Lipinski definition) is 3. The highest BCUT2D eigenvalue weighted by Gasteiger charge is 2.23. The fourth-order valence-electron chi connectivity index (χ4n) is 3.52. The van der Waals surface area contributed by atoms with Gasteiger partial charge in [0.1, 0.15) is 0 Å². The van der Waals surface area contributed by atoms with Crippen molar-refractivity contribution in [2.45, 2.75) is 45.1 Å². The number of anilines is 1. The van der Waals surface area contributed by atoms with Gasteiger partial charge in [0.15, 0.2) is 5.96 Å². The lowest BCUT2D eigenvalue weighted by Gasteiger charge is -2.25. The molecular weight excluding hydrogens is 342 g/mol. The lowest BCUT2D eigenvalue weighted by molar-refractivity contribution is -0.122. The highest BCUT2D eigenvalue weighted by molar-refractivity contribution is 5.95. The van der Waals surface area contributed by atoms with Gasteiger partial charge in [0.05, 0.1) is 0 Å². The van der Waals surface area contributed by atoms with E-state index < -0.39 is 0 Å². The Morgan fingerprint density at radius 2 is 2.19 bits per heavy atom. The smallest absolute Gasteiger partial charge is 0.227 e. The molecule has 0 bridgehead atoms. The van der Waals surface area contributed by atoms with E-state index in [0.717, 1.165) is 44.0 Å². The fourth-order valence-corrected chi connectivity index (χ4v) is 3.52. The Hall–Kier alpha value is -2.57. The van der Waals surface area contributed by atoms with Crippen LogP contribution in [-0.4, -0.2) is 50.0 Å². The number of carbonyl (C=O) groups excluding carboxylic acids is 2. The predicted octanol–water partition coefficient (Wildman–Crippen LogP) is 1.19. The molecule has 7 nitrogen and oxygen atoms in total. The number of amides is 2. The number of nitrogens with zero attached hydrogens (tertiary/aromatic N) is 2. The number of rotatable bonds is 6. The summed E-state index contributed by atoms with van der Waals surface area (Å²) in [5.41, 5.74) is 2.31. The van der Waals surface area contributed by atoms with Crippen molar-refractivity contribution in [2.24, 2.45) is 4.99 Å². The van der Waals surface area contributed by atoms with Crippen molar-refractivity contribution < 1.29 is 9.59 Å². The number of benzene rings is 1. The average molecular weight is 371 g/mol. The van der Waals surface area contributed by atoms with E-state index in [1.165, 1.54) is 5.56 Å². The van der Waals surface area contributed by atoms with E-state index >= 15 is 0 Å². The van der Waals surface area contributed by atoms with Gasteiger partial charge in [-0.15, -0.1) is 0 Å². The Kier molecular flexibility index (Phi) is 6.68. The Labute approximate surface area is 160 Å². The van der Waals surface area contributed by atoms with E-state index in [2.05, 4.69) is 27.0 Å². The lowest BCUT2D eigenvalue weighted by Crippen LogP contribution is -2.51. The molecule has 1 fully saturated rings. The van der Waals surface area contributed by atoms with Gasteiger partial charge >= 0.3 is 0 Å². The maximum Gasteiger partial charge on any atom is 0.227 e. The quantitative estimate of drug-likeness (QED) is 0.398. The summed E-state index contributed by atoms with van der Waals surface area (Å²) >= 11 is 0. The van der Waals surface area contributed by atoms with E-state index in [9.17, 15) is 9.59 Å². The molecule has 2 amide bonds. The molecule has 2 heterocycles. The summed E-state index contributed by atoms with van der Waals surface area (Å²) in [6.45, 7) is 4.79.